The molecule has 1 aliphatic rings. The molecule has 1 aromatic heterocycles. The molecule has 40 heavy (non-hydrogen) atoms. The summed E-state index contributed by atoms with van der Waals surface area (Å²) in [6.07, 6.45) is -3.28. The Bertz CT molecular complexity index is 1600. The molecule has 1 aliphatic heterocycles. The topological polar surface area (TPSA) is 83.6 Å². The summed E-state index contributed by atoms with van der Waals surface area (Å²) in [7, 11) is -1.62. The van der Waals surface area contributed by atoms with Crippen molar-refractivity contribution in [1.29, 1.82) is 0 Å². The third kappa shape index (κ3) is 5.80. The Hall–Kier alpha value is -3.96. The first kappa shape index (κ1) is 27.6. The van der Waals surface area contributed by atoms with Crippen molar-refractivity contribution in [1.82, 2.24) is 4.98 Å². The van der Waals surface area contributed by atoms with E-state index >= 15 is 0 Å². The van der Waals surface area contributed by atoms with E-state index < -0.39 is 28.6 Å². The number of nitrogens with one attached hydrogen (secondary N) is 2. The minimum absolute atomic E-state index is 0.0897. The van der Waals surface area contributed by atoms with Crippen LogP contribution in [0.1, 0.15) is 11.3 Å². The Morgan fingerprint density at radius 3 is 2.27 bits per heavy atom. The van der Waals surface area contributed by atoms with Crippen LogP contribution < -0.4 is 15.5 Å². The number of nitrogens with zero attached hydrogens (tertiary/aromatic N) is 2. The minimum atomic E-state index is -4.61. The van der Waals surface area contributed by atoms with Crippen molar-refractivity contribution in [2.24, 2.45) is 0 Å². The highest BCUT2D eigenvalue weighted by Gasteiger charge is 2.31. The zero-order valence-electron chi connectivity index (χ0n) is 21.8. The second-order valence-corrected chi connectivity index (χ2v) is 10.7. The number of alkyl halides is 3. The maximum absolute atomic E-state index is 13.3. The first-order valence-corrected chi connectivity index (χ1v) is 14.1. The number of halogens is 3. The van der Waals surface area contributed by atoms with Gasteiger partial charge < -0.3 is 20.3 Å². The molecule has 3 aromatic carbocycles. The Morgan fingerprint density at radius 2 is 1.60 bits per heavy atom. The summed E-state index contributed by atoms with van der Waals surface area (Å²) in [6, 6.07) is 17.2. The number of hydrogen-bond acceptors (Lipinski definition) is 5. The lowest BCUT2D eigenvalue weighted by Crippen LogP contribution is -2.36. The molecule has 7 nitrogen and oxygen atoms in total. The van der Waals surface area contributed by atoms with Crippen LogP contribution in [-0.2, 0) is 21.7 Å². The Kier molecular flexibility index (Phi) is 7.77. The molecule has 5 rings (SSSR count). The van der Waals surface area contributed by atoms with Crippen molar-refractivity contribution in [3.05, 3.63) is 78.0 Å². The molecule has 4 aromatic rings. The van der Waals surface area contributed by atoms with Crippen molar-refractivity contribution < 1.29 is 26.9 Å². The molecule has 1 fully saturated rings. The van der Waals surface area contributed by atoms with Crippen LogP contribution in [0.25, 0.3) is 21.9 Å². The normalized spacial score (nSPS) is 14.7. The molecule has 0 radical (unpaired) electrons. The Morgan fingerprint density at radius 1 is 0.925 bits per heavy atom. The quantitative estimate of drug-likeness (QED) is 0.289. The van der Waals surface area contributed by atoms with Gasteiger partial charge in [0, 0.05) is 36.0 Å². The van der Waals surface area contributed by atoms with E-state index in [1.807, 2.05) is 49.4 Å². The predicted octanol–water partition coefficient (Wildman–Crippen LogP) is 6.45. The first-order chi connectivity index (χ1) is 19.1. The number of pyridine rings is 1. The highest BCUT2D eigenvalue weighted by atomic mass is 32.2. The molecule has 11 heteroatoms. The van der Waals surface area contributed by atoms with Gasteiger partial charge in [0.2, 0.25) is 0 Å². The van der Waals surface area contributed by atoms with E-state index in [1.54, 1.807) is 6.07 Å². The molecule has 1 unspecified atom stereocenters. The first-order valence-electron chi connectivity index (χ1n) is 12.6. The maximum Gasteiger partial charge on any atom is 0.416 e. The monoisotopic (exact) mass is 568 g/mol. The Labute approximate surface area is 231 Å². The molecule has 2 amide bonds. The molecule has 2 N–H and O–H groups in total. The highest BCUT2D eigenvalue weighted by molar-refractivity contribution is 7.84. The number of carbonyl (C=O) groups excluding carboxylic acids is 1. The number of ether oxygens (including phenoxy) is 1. The standard InChI is InChI=1S/C29H27F3N4O3S/c1-18-20(9-12-27(33-18)36-13-15-39-16-14-36)22-8-10-24(23-6-4-3-5-21(22)23)34-28(37)35-25-17-19(29(30,31)32)7-11-26(25)40(2)38/h3-12,17H,13-16H2,1-2H3,(H2,34,35,37). The molecule has 0 spiro atoms. The van der Waals surface area contributed by atoms with Gasteiger partial charge in [-0.2, -0.15) is 13.2 Å². The third-order valence-corrected chi connectivity index (χ3v) is 7.71. The van der Waals surface area contributed by atoms with Gasteiger partial charge in [-0.1, -0.05) is 30.3 Å². The van der Waals surface area contributed by atoms with Gasteiger partial charge in [-0.05, 0) is 54.3 Å². The van der Waals surface area contributed by atoms with E-state index in [-0.39, 0.29) is 10.6 Å². The average Bonchev–Trinajstić information content (AvgIpc) is 2.93. The van der Waals surface area contributed by atoms with Crippen LogP contribution in [0.5, 0.6) is 0 Å². The zero-order valence-corrected chi connectivity index (χ0v) is 22.7. The van der Waals surface area contributed by atoms with Gasteiger partial charge in [-0.3, -0.25) is 4.21 Å². The van der Waals surface area contributed by atoms with Gasteiger partial charge in [0.1, 0.15) is 5.82 Å². The number of rotatable bonds is 5. The predicted molar refractivity (Wildman–Crippen MR) is 151 cm³/mol. The zero-order chi connectivity index (χ0) is 28.4. The van der Waals surface area contributed by atoms with Crippen LogP contribution in [0.15, 0.2) is 71.6 Å². The summed E-state index contributed by atoms with van der Waals surface area (Å²) < 4.78 is 57.3. The highest BCUT2D eigenvalue weighted by Crippen LogP contribution is 2.36. The van der Waals surface area contributed by atoms with Crippen LogP contribution in [-0.4, -0.2) is 47.8 Å². The van der Waals surface area contributed by atoms with Crippen LogP contribution in [0.2, 0.25) is 0 Å². The van der Waals surface area contributed by atoms with Gasteiger partial charge in [0.15, 0.2) is 0 Å². The number of anilines is 3. The molecule has 208 valence electrons. The number of fused-ring (bicyclic) bond motifs is 1. The number of urea groups is 1. The fraction of sp³-hybridized carbons (Fsp3) is 0.241. The molecular weight excluding hydrogens is 541 g/mol. The lowest BCUT2D eigenvalue weighted by molar-refractivity contribution is -0.137. The average molecular weight is 569 g/mol. The van der Waals surface area contributed by atoms with Crippen LogP contribution >= 0.6 is 0 Å². The number of aryl methyl sites for hydroxylation is 1. The van der Waals surface area contributed by atoms with Crippen molar-refractivity contribution in [3.63, 3.8) is 0 Å². The molecule has 2 heterocycles. The summed E-state index contributed by atoms with van der Waals surface area (Å²) >= 11 is 0. The lowest BCUT2D eigenvalue weighted by atomic mass is 9.96. The fourth-order valence-corrected chi connectivity index (χ4v) is 5.45. The van der Waals surface area contributed by atoms with Crippen LogP contribution in [0.4, 0.5) is 35.2 Å². The molecule has 1 saturated heterocycles. The largest absolute Gasteiger partial charge is 0.416 e. The molecule has 0 saturated carbocycles. The summed E-state index contributed by atoms with van der Waals surface area (Å²) in [5, 5.41) is 6.80. The van der Waals surface area contributed by atoms with Gasteiger partial charge in [-0.15, -0.1) is 0 Å². The van der Waals surface area contributed by atoms with Crippen molar-refractivity contribution >= 4 is 44.8 Å². The number of aromatic nitrogens is 1. The van der Waals surface area contributed by atoms with E-state index in [9.17, 15) is 22.2 Å². The summed E-state index contributed by atoms with van der Waals surface area (Å²) in [5.74, 6) is 0.894. The van der Waals surface area contributed by atoms with E-state index in [4.69, 9.17) is 9.72 Å². The smallest absolute Gasteiger partial charge is 0.378 e. The minimum Gasteiger partial charge on any atom is -0.378 e. The van der Waals surface area contributed by atoms with E-state index in [0.717, 1.165) is 64.7 Å². The molecule has 1 atom stereocenters. The third-order valence-electron chi connectivity index (χ3n) is 6.73. The number of carbonyl (C=O) groups is 1. The maximum atomic E-state index is 13.3. The molecule has 0 bridgehead atoms. The van der Waals surface area contributed by atoms with Crippen molar-refractivity contribution in [2.75, 3.05) is 48.1 Å². The molecular formula is C29H27F3N4O3S. The Balaban J connectivity index is 1.44. The van der Waals surface area contributed by atoms with E-state index in [0.29, 0.717) is 18.9 Å². The summed E-state index contributed by atoms with van der Waals surface area (Å²) in [6.45, 7) is 4.86. The summed E-state index contributed by atoms with van der Waals surface area (Å²) in [4.78, 5) is 20.0. The van der Waals surface area contributed by atoms with Gasteiger partial charge >= 0.3 is 12.2 Å². The summed E-state index contributed by atoms with van der Waals surface area (Å²) in [5.41, 5.74) is 2.09. The second-order valence-electron chi connectivity index (χ2n) is 9.35. The second kappa shape index (κ2) is 11.3. The van der Waals surface area contributed by atoms with Crippen LogP contribution in [0.3, 0.4) is 0 Å². The SMILES string of the molecule is Cc1nc(N2CCOCC2)ccc1-c1ccc(NC(=O)Nc2cc(C(F)(F)F)ccc2S(C)=O)c2ccccc12. The number of morpholine rings is 1. The fourth-order valence-electron chi connectivity index (χ4n) is 4.77. The lowest BCUT2D eigenvalue weighted by Gasteiger charge is -2.28. The van der Waals surface area contributed by atoms with Crippen molar-refractivity contribution in [3.8, 4) is 11.1 Å². The van der Waals surface area contributed by atoms with Gasteiger partial charge in [-0.25, -0.2) is 9.78 Å². The number of benzene rings is 3. The molecule has 0 aliphatic carbocycles. The van der Waals surface area contributed by atoms with Crippen LogP contribution in [0, 0.1) is 6.92 Å². The van der Waals surface area contributed by atoms with E-state index in [2.05, 4.69) is 15.5 Å². The van der Waals surface area contributed by atoms with Crippen molar-refractivity contribution in [2.45, 2.75) is 18.0 Å². The number of hydrogen-bond donors (Lipinski definition) is 2. The number of amides is 2. The van der Waals surface area contributed by atoms with Gasteiger partial charge in [0.25, 0.3) is 0 Å². The van der Waals surface area contributed by atoms with Gasteiger partial charge in [0.05, 0.1) is 45.8 Å². The van der Waals surface area contributed by atoms with E-state index in [1.165, 1.54) is 6.26 Å².